The molecule has 1 N–H and O–H groups in total. The Balaban J connectivity index is 0.00000182. The van der Waals surface area contributed by atoms with E-state index in [0.29, 0.717) is 10.8 Å². The van der Waals surface area contributed by atoms with E-state index in [1.54, 1.807) is 24.3 Å². The minimum atomic E-state index is -3.58. The molecule has 4 rings (SSSR count). The topological polar surface area (TPSA) is 51.1 Å². The summed E-state index contributed by atoms with van der Waals surface area (Å²) >= 11 is 0. The first-order chi connectivity index (χ1) is 11.7. The maximum absolute atomic E-state index is 13.1. The lowest BCUT2D eigenvalue weighted by Crippen LogP contribution is -2.26. The van der Waals surface area contributed by atoms with Gasteiger partial charge in [-0.2, -0.15) is 0 Å². The Kier molecular flexibility index (Phi) is 5.18. The third kappa shape index (κ3) is 3.19. The molecule has 0 radical (unpaired) electrons. The van der Waals surface area contributed by atoms with Gasteiger partial charge in [-0.1, -0.05) is 36.4 Å². The zero-order valence-corrected chi connectivity index (χ0v) is 15.4. The fraction of sp³-hybridized carbons (Fsp3) is 0.263. The Bertz CT molecular complexity index is 962. The standard InChI is InChI=1S/C19H20N2O2S.ClH/c22-24(23,16-6-2-1-3-7-16)21-14-18(15-10-12-20-13-11-15)17-8-4-5-9-19(17)21;/h1-9,14-15,20H,10-13H2;1H. The molecule has 1 fully saturated rings. The molecule has 2 heterocycles. The summed E-state index contributed by atoms with van der Waals surface area (Å²) in [6.45, 7) is 1.96. The van der Waals surface area contributed by atoms with Crippen LogP contribution >= 0.6 is 12.4 Å². The van der Waals surface area contributed by atoms with Gasteiger partial charge in [0, 0.05) is 11.6 Å². The average Bonchev–Trinajstić information content (AvgIpc) is 3.04. The van der Waals surface area contributed by atoms with Crippen molar-refractivity contribution >= 4 is 33.3 Å². The zero-order chi connectivity index (χ0) is 16.6. The van der Waals surface area contributed by atoms with Crippen molar-refractivity contribution in [1.82, 2.24) is 9.29 Å². The van der Waals surface area contributed by atoms with Crippen LogP contribution in [0.5, 0.6) is 0 Å². The van der Waals surface area contributed by atoms with Gasteiger partial charge in [0.05, 0.1) is 10.4 Å². The molecule has 25 heavy (non-hydrogen) atoms. The van der Waals surface area contributed by atoms with Crippen molar-refractivity contribution < 1.29 is 8.42 Å². The van der Waals surface area contributed by atoms with Crippen molar-refractivity contribution in [3.8, 4) is 0 Å². The van der Waals surface area contributed by atoms with Crippen LogP contribution in [0.4, 0.5) is 0 Å². The smallest absolute Gasteiger partial charge is 0.268 e. The Labute approximate surface area is 154 Å². The normalized spacial score (nSPS) is 15.8. The van der Waals surface area contributed by atoms with E-state index in [2.05, 4.69) is 5.32 Å². The summed E-state index contributed by atoms with van der Waals surface area (Å²) in [5.74, 6) is 0.406. The van der Waals surface area contributed by atoms with Gasteiger partial charge in [0.2, 0.25) is 0 Å². The maximum Gasteiger partial charge on any atom is 0.268 e. The molecule has 0 saturated carbocycles. The Morgan fingerprint density at radius 3 is 2.28 bits per heavy atom. The van der Waals surface area contributed by atoms with Gasteiger partial charge in [-0.05, 0) is 55.6 Å². The summed E-state index contributed by atoms with van der Waals surface area (Å²) in [5, 5.41) is 4.42. The molecule has 1 aliphatic rings. The molecule has 0 amide bonds. The van der Waals surface area contributed by atoms with Gasteiger partial charge in [0.15, 0.2) is 0 Å². The van der Waals surface area contributed by atoms with Crippen LogP contribution in [0.25, 0.3) is 10.9 Å². The van der Waals surface area contributed by atoms with Gasteiger partial charge in [-0.15, -0.1) is 12.4 Å². The van der Waals surface area contributed by atoms with Crippen LogP contribution in [0.1, 0.15) is 24.3 Å². The second-order valence-corrected chi connectivity index (χ2v) is 8.05. The molecule has 1 saturated heterocycles. The van der Waals surface area contributed by atoms with Gasteiger partial charge in [0.25, 0.3) is 10.0 Å². The highest BCUT2D eigenvalue weighted by Crippen LogP contribution is 2.34. The number of piperidine rings is 1. The molecule has 0 aliphatic carbocycles. The first-order valence-corrected chi connectivity index (χ1v) is 9.73. The monoisotopic (exact) mass is 376 g/mol. The second kappa shape index (κ2) is 7.20. The number of rotatable bonds is 3. The molecule has 0 atom stereocenters. The summed E-state index contributed by atoms with van der Waals surface area (Å²) in [7, 11) is -3.58. The van der Waals surface area contributed by atoms with Crippen LogP contribution in [0.2, 0.25) is 0 Å². The van der Waals surface area contributed by atoms with Crippen LogP contribution in [-0.4, -0.2) is 25.5 Å². The molecule has 1 aliphatic heterocycles. The summed E-state index contributed by atoms with van der Waals surface area (Å²) in [5.41, 5.74) is 1.90. The van der Waals surface area contributed by atoms with E-state index < -0.39 is 10.0 Å². The zero-order valence-electron chi connectivity index (χ0n) is 13.8. The molecule has 3 aromatic rings. The molecule has 6 heteroatoms. The number of nitrogens with one attached hydrogen (secondary N) is 1. The highest BCUT2D eigenvalue weighted by molar-refractivity contribution is 7.90. The molecule has 0 unspecified atom stereocenters. The first kappa shape index (κ1) is 18.0. The number of halogens is 1. The summed E-state index contributed by atoms with van der Waals surface area (Å²) in [6.07, 6.45) is 3.92. The Morgan fingerprint density at radius 2 is 1.56 bits per heavy atom. The number of aromatic nitrogens is 1. The van der Waals surface area contributed by atoms with Gasteiger partial charge < -0.3 is 5.32 Å². The van der Waals surface area contributed by atoms with Crippen molar-refractivity contribution in [3.05, 3.63) is 66.4 Å². The predicted octanol–water partition coefficient (Wildman–Crippen LogP) is 3.77. The third-order valence-electron chi connectivity index (χ3n) is 4.79. The number of hydrogen-bond acceptors (Lipinski definition) is 3. The maximum atomic E-state index is 13.1. The lowest BCUT2D eigenvalue weighted by Gasteiger charge is -2.22. The molecule has 1 aromatic heterocycles. The minimum absolute atomic E-state index is 0. The lowest BCUT2D eigenvalue weighted by atomic mass is 9.90. The molecule has 0 spiro atoms. The van der Waals surface area contributed by atoms with Crippen LogP contribution < -0.4 is 5.32 Å². The van der Waals surface area contributed by atoms with Crippen molar-refractivity contribution in [3.63, 3.8) is 0 Å². The highest BCUT2D eigenvalue weighted by atomic mass is 35.5. The molecule has 132 valence electrons. The van der Waals surface area contributed by atoms with E-state index >= 15 is 0 Å². The van der Waals surface area contributed by atoms with Crippen molar-refractivity contribution in [1.29, 1.82) is 0 Å². The molecule has 2 aromatic carbocycles. The number of fused-ring (bicyclic) bond motifs is 1. The largest absolute Gasteiger partial charge is 0.317 e. The number of hydrogen-bond donors (Lipinski definition) is 1. The fourth-order valence-corrected chi connectivity index (χ4v) is 4.94. The Morgan fingerprint density at radius 1 is 0.920 bits per heavy atom. The molecule has 4 nitrogen and oxygen atoms in total. The van der Waals surface area contributed by atoms with E-state index in [-0.39, 0.29) is 12.4 Å². The SMILES string of the molecule is Cl.O=S(=O)(c1ccccc1)n1cc(C2CCNCC2)c2ccccc21. The van der Waals surface area contributed by atoms with Gasteiger partial charge in [-0.3, -0.25) is 0 Å². The van der Waals surface area contributed by atoms with Gasteiger partial charge >= 0.3 is 0 Å². The molecular weight excluding hydrogens is 356 g/mol. The summed E-state index contributed by atoms with van der Waals surface area (Å²) in [4.78, 5) is 0.322. The predicted molar refractivity (Wildman–Crippen MR) is 103 cm³/mol. The van der Waals surface area contributed by atoms with E-state index in [0.717, 1.165) is 42.4 Å². The summed E-state index contributed by atoms with van der Waals surface area (Å²) < 4.78 is 27.6. The van der Waals surface area contributed by atoms with Crippen LogP contribution in [0.15, 0.2) is 65.7 Å². The van der Waals surface area contributed by atoms with Crippen molar-refractivity contribution in [2.24, 2.45) is 0 Å². The van der Waals surface area contributed by atoms with E-state index in [1.807, 2.05) is 36.5 Å². The minimum Gasteiger partial charge on any atom is -0.317 e. The van der Waals surface area contributed by atoms with Crippen LogP contribution in [0, 0.1) is 0 Å². The average molecular weight is 377 g/mol. The van der Waals surface area contributed by atoms with Crippen LogP contribution in [0.3, 0.4) is 0 Å². The third-order valence-corrected chi connectivity index (χ3v) is 6.48. The van der Waals surface area contributed by atoms with Gasteiger partial charge in [-0.25, -0.2) is 12.4 Å². The first-order valence-electron chi connectivity index (χ1n) is 8.29. The highest BCUT2D eigenvalue weighted by Gasteiger charge is 2.25. The summed E-state index contributed by atoms with van der Waals surface area (Å²) in [6, 6.07) is 16.4. The van der Waals surface area contributed by atoms with E-state index in [1.165, 1.54) is 3.97 Å². The van der Waals surface area contributed by atoms with Crippen LogP contribution in [-0.2, 0) is 10.0 Å². The Hall–Kier alpha value is -1.82. The van der Waals surface area contributed by atoms with E-state index in [4.69, 9.17) is 0 Å². The van der Waals surface area contributed by atoms with Crippen molar-refractivity contribution in [2.45, 2.75) is 23.7 Å². The lowest BCUT2D eigenvalue weighted by molar-refractivity contribution is 0.462. The second-order valence-electron chi connectivity index (χ2n) is 6.24. The molecule has 0 bridgehead atoms. The number of para-hydroxylation sites is 1. The van der Waals surface area contributed by atoms with E-state index in [9.17, 15) is 8.42 Å². The molecular formula is C19H21ClN2O2S. The van der Waals surface area contributed by atoms with Crippen molar-refractivity contribution in [2.75, 3.05) is 13.1 Å². The fourth-order valence-electron chi connectivity index (χ4n) is 3.54. The quantitative estimate of drug-likeness (QED) is 0.757. The number of nitrogens with zero attached hydrogens (tertiary/aromatic N) is 1. The number of benzene rings is 2. The van der Waals surface area contributed by atoms with Gasteiger partial charge in [0.1, 0.15) is 0 Å².